The fourth-order valence-corrected chi connectivity index (χ4v) is 3.26. The summed E-state index contributed by atoms with van der Waals surface area (Å²) in [5.41, 5.74) is 1.24. The molecule has 22 heavy (non-hydrogen) atoms. The van der Waals surface area contributed by atoms with Crippen LogP contribution in [0.15, 0.2) is 6.20 Å². The maximum absolute atomic E-state index is 11.6. The second-order valence-corrected chi connectivity index (χ2v) is 6.07. The van der Waals surface area contributed by atoms with E-state index in [0.29, 0.717) is 19.2 Å². The van der Waals surface area contributed by atoms with Crippen LogP contribution in [0.4, 0.5) is 0 Å². The van der Waals surface area contributed by atoms with Crippen molar-refractivity contribution in [1.29, 1.82) is 0 Å². The molecule has 0 unspecified atom stereocenters. The highest BCUT2D eigenvalue weighted by Crippen LogP contribution is 2.29. The van der Waals surface area contributed by atoms with Crippen LogP contribution in [-0.4, -0.2) is 35.2 Å². The number of rotatable bonds is 7. The number of aryl methyl sites for hydroxylation is 1. The number of amides is 1. The Balaban J connectivity index is 1.90. The first kappa shape index (κ1) is 17.0. The molecule has 0 spiro atoms. The molecule has 1 heterocycles. The van der Waals surface area contributed by atoms with Crippen LogP contribution in [0.1, 0.15) is 63.0 Å². The average molecular weight is 307 g/mol. The molecular weight excluding hydrogens is 278 g/mol. The Morgan fingerprint density at radius 1 is 1.36 bits per heavy atom. The lowest BCUT2D eigenvalue weighted by atomic mass is 10.1. The number of hydrogen-bond donors (Lipinski definition) is 1. The van der Waals surface area contributed by atoms with Crippen molar-refractivity contribution >= 4 is 5.91 Å². The topological polar surface area (TPSA) is 56.1 Å². The number of aromatic nitrogens is 2. The maximum atomic E-state index is 11.6. The summed E-state index contributed by atoms with van der Waals surface area (Å²) < 4.78 is 7.50. The Bertz CT molecular complexity index is 462. The molecule has 0 atom stereocenters. The summed E-state index contributed by atoms with van der Waals surface area (Å²) in [4.78, 5) is 16.1. The lowest BCUT2D eigenvalue weighted by Crippen LogP contribution is -2.30. The molecule has 1 amide bonds. The number of carbonyl (C=O) groups excluding carboxylic acids is 1. The summed E-state index contributed by atoms with van der Waals surface area (Å²) in [7, 11) is 0. The van der Waals surface area contributed by atoms with Gasteiger partial charge >= 0.3 is 0 Å². The van der Waals surface area contributed by atoms with Crippen molar-refractivity contribution in [2.24, 2.45) is 0 Å². The number of hydrogen-bond acceptors (Lipinski definition) is 3. The SMILES string of the molecule is CCOCC(=O)NCCc1ncc(C)n1C1CCCCCC1. The van der Waals surface area contributed by atoms with E-state index in [1.165, 1.54) is 44.2 Å². The smallest absolute Gasteiger partial charge is 0.246 e. The van der Waals surface area contributed by atoms with Gasteiger partial charge in [-0.2, -0.15) is 0 Å². The largest absolute Gasteiger partial charge is 0.372 e. The normalized spacial score (nSPS) is 16.5. The van der Waals surface area contributed by atoms with Crippen LogP contribution < -0.4 is 5.32 Å². The monoisotopic (exact) mass is 307 g/mol. The molecule has 1 aromatic rings. The molecule has 124 valence electrons. The third-order valence-corrected chi connectivity index (χ3v) is 4.36. The van der Waals surface area contributed by atoms with E-state index in [1.807, 2.05) is 13.1 Å². The molecule has 2 rings (SSSR count). The van der Waals surface area contributed by atoms with Crippen molar-refractivity contribution in [3.05, 3.63) is 17.7 Å². The highest BCUT2D eigenvalue weighted by atomic mass is 16.5. The first-order valence-corrected chi connectivity index (χ1v) is 8.59. The minimum absolute atomic E-state index is 0.0499. The second-order valence-electron chi connectivity index (χ2n) is 6.07. The predicted octanol–water partition coefficient (Wildman–Crippen LogP) is 2.78. The van der Waals surface area contributed by atoms with Gasteiger partial charge in [-0.15, -0.1) is 0 Å². The zero-order chi connectivity index (χ0) is 15.8. The number of carbonyl (C=O) groups is 1. The van der Waals surface area contributed by atoms with Crippen molar-refractivity contribution in [3.63, 3.8) is 0 Å². The van der Waals surface area contributed by atoms with E-state index in [1.54, 1.807) is 0 Å². The summed E-state index contributed by atoms with van der Waals surface area (Å²) >= 11 is 0. The zero-order valence-corrected chi connectivity index (χ0v) is 13.9. The van der Waals surface area contributed by atoms with Gasteiger partial charge in [0.1, 0.15) is 12.4 Å². The van der Waals surface area contributed by atoms with Crippen molar-refractivity contribution in [3.8, 4) is 0 Å². The molecule has 1 N–H and O–H groups in total. The molecular formula is C17H29N3O2. The minimum Gasteiger partial charge on any atom is -0.372 e. The molecule has 5 heteroatoms. The molecule has 0 radical (unpaired) electrons. The number of nitrogens with one attached hydrogen (secondary N) is 1. The first-order chi connectivity index (χ1) is 10.7. The van der Waals surface area contributed by atoms with E-state index < -0.39 is 0 Å². The Hall–Kier alpha value is -1.36. The van der Waals surface area contributed by atoms with Crippen LogP contribution >= 0.6 is 0 Å². The van der Waals surface area contributed by atoms with Gasteiger partial charge in [-0.3, -0.25) is 4.79 Å². The van der Waals surface area contributed by atoms with E-state index in [0.717, 1.165) is 12.2 Å². The van der Waals surface area contributed by atoms with Gasteiger partial charge in [-0.1, -0.05) is 25.7 Å². The molecule has 1 saturated carbocycles. The van der Waals surface area contributed by atoms with Gasteiger partial charge in [0, 0.05) is 37.5 Å². The molecule has 0 bridgehead atoms. The highest BCUT2D eigenvalue weighted by Gasteiger charge is 2.18. The van der Waals surface area contributed by atoms with E-state index >= 15 is 0 Å². The third kappa shape index (κ3) is 4.83. The first-order valence-electron chi connectivity index (χ1n) is 8.59. The summed E-state index contributed by atoms with van der Waals surface area (Å²) in [5, 5.41) is 2.90. The van der Waals surface area contributed by atoms with Crippen molar-refractivity contribution in [1.82, 2.24) is 14.9 Å². The van der Waals surface area contributed by atoms with E-state index in [9.17, 15) is 4.79 Å². The standard InChI is InChI=1S/C17H29N3O2/c1-3-22-13-17(21)18-11-10-16-19-12-14(2)20(16)15-8-6-4-5-7-9-15/h12,15H,3-11,13H2,1-2H3,(H,18,21). The van der Waals surface area contributed by atoms with Gasteiger partial charge in [0.25, 0.3) is 0 Å². The molecule has 1 aliphatic rings. The Kier molecular flexibility index (Phi) is 6.90. The fourth-order valence-electron chi connectivity index (χ4n) is 3.26. The second kappa shape index (κ2) is 8.93. The van der Waals surface area contributed by atoms with Crippen LogP contribution in [0.25, 0.3) is 0 Å². The summed E-state index contributed by atoms with van der Waals surface area (Å²) in [6.07, 6.45) is 10.6. The number of ether oxygens (including phenoxy) is 1. The molecule has 5 nitrogen and oxygen atoms in total. The van der Waals surface area contributed by atoms with Gasteiger partial charge in [-0.05, 0) is 26.7 Å². The predicted molar refractivity (Wildman–Crippen MR) is 86.9 cm³/mol. The van der Waals surface area contributed by atoms with Crippen LogP contribution in [-0.2, 0) is 16.0 Å². The van der Waals surface area contributed by atoms with Crippen LogP contribution in [0.5, 0.6) is 0 Å². The molecule has 0 saturated heterocycles. The van der Waals surface area contributed by atoms with Crippen molar-refractivity contribution < 1.29 is 9.53 Å². The molecule has 1 aliphatic carbocycles. The van der Waals surface area contributed by atoms with Crippen LogP contribution in [0.3, 0.4) is 0 Å². The molecule has 0 aliphatic heterocycles. The zero-order valence-electron chi connectivity index (χ0n) is 13.9. The van der Waals surface area contributed by atoms with E-state index in [2.05, 4.69) is 21.8 Å². The maximum Gasteiger partial charge on any atom is 0.246 e. The summed E-state index contributed by atoms with van der Waals surface area (Å²) in [6.45, 7) is 5.36. The van der Waals surface area contributed by atoms with E-state index in [-0.39, 0.29) is 12.5 Å². The van der Waals surface area contributed by atoms with Crippen LogP contribution in [0, 0.1) is 6.92 Å². The number of imidazole rings is 1. The Morgan fingerprint density at radius 2 is 2.09 bits per heavy atom. The van der Waals surface area contributed by atoms with Crippen molar-refractivity contribution in [2.45, 2.75) is 64.8 Å². The number of nitrogens with zero attached hydrogens (tertiary/aromatic N) is 2. The third-order valence-electron chi connectivity index (χ3n) is 4.36. The lowest BCUT2D eigenvalue weighted by Gasteiger charge is -2.21. The van der Waals surface area contributed by atoms with E-state index in [4.69, 9.17) is 4.74 Å². The van der Waals surface area contributed by atoms with Crippen molar-refractivity contribution in [2.75, 3.05) is 19.8 Å². The summed E-state index contributed by atoms with van der Waals surface area (Å²) in [5.74, 6) is 1.05. The fraction of sp³-hybridized carbons (Fsp3) is 0.765. The van der Waals surface area contributed by atoms with Crippen LogP contribution in [0.2, 0.25) is 0 Å². The molecule has 1 fully saturated rings. The molecule has 1 aromatic heterocycles. The highest BCUT2D eigenvalue weighted by molar-refractivity contribution is 5.77. The summed E-state index contributed by atoms with van der Waals surface area (Å²) in [6, 6.07) is 0.583. The Morgan fingerprint density at radius 3 is 2.77 bits per heavy atom. The van der Waals surface area contributed by atoms with Gasteiger partial charge in [-0.25, -0.2) is 4.98 Å². The van der Waals surface area contributed by atoms with Gasteiger partial charge in [0.15, 0.2) is 0 Å². The minimum atomic E-state index is -0.0499. The van der Waals surface area contributed by atoms with Gasteiger partial charge in [0.2, 0.25) is 5.91 Å². The molecule has 0 aromatic carbocycles. The van der Waals surface area contributed by atoms with Gasteiger partial charge < -0.3 is 14.6 Å². The Labute approximate surface area is 133 Å². The quantitative estimate of drug-likeness (QED) is 0.788. The average Bonchev–Trinajstić information content (AvgIpc) is 2.73. The van der Waals surface area contributed by atoms with Gasteiger partial charge in [0.05, 0.1) is 0 Å². The lowest BCUT2D eigenvalue weighted by molar-refractivity contribution is -0.125.